The fourth-order valence-electron chi connectivity index (χ4n) is 7.32. The molecule has 0 radical (unpaired) electrons. The van der Waals surface area contributed by atoms with Crippen molar-refractivity contribution in [3.05, 3.63) is 139 Å². The number of fused-ring (bicyclic) bond motifs is 10. The molecule has 0 fully saturated rings. The third-order valence-electron chi connectivity index (χ3n) is 9.09. The van der Waals surface area contributed by atoms with E-state index in [0.29, 0.717) is 0 Å². The number of hydrogen-bond acceptors (Lipinski definition) is 1. The first-order valence-corrected chi connectivity index (χ1v) is 14.3. The molecule has 2 heterocycles. The monoisotopic (exact) mass is 525 g/mol. The van der Waals surface area contributed by atoms with Gasteiger partial charge in [-0.2, -0.15) is 0 Å². The molecule has 41 heavy (non-hydrogen) atoms. The van der Waals surface area contributed by atoms with E-state index in [0.717, 1.165) is 22.7 Å². The molecule has 8 aromatic rings. The van der Waals surface area contributed by atoms with E-state index in [1.165, 1.54) is 54.8 Å². The largest absolute Gasteiger partial charge is 0.279 e. The van der Waals surface area contributed by atoms with Crippen LogP contribution in [0.15, 0.2) is 127 Å². The first-order chi connectivity index (χ1) is 20.1. The maximum atomic E-state index is 5.33. The summed E-state index contributed by atoms with van der Waals surface area (Å²) in [5.74, 6) is 0.911. The molecular formula is C38H27N3. The van der Waals surface area contributed by atoms with E-state index in [1.807, 2.05) is 0 Å². The Balaban J connectivity index is 1.49. The van der Waals surface area contributed by atoms with Crippen molar-refractivity contribution in [2.45, 2.75) is 19.3 Å². The minimum Gasteiger partial charge on any atom is -0.279 e. The highest BCUT2D eigenvalue weighted by atomic mass is 15.2. The lowest BCUT2D eigenvalue weighted by molar-refractivity contribution is 0.664. The average molecular weight is 526 g/mol. The highest BCUT2D eigenvalue weighted by molar-refractivity contribution is 6.15. The second kappa shape index (κ2) is 7.96. The van der Waals surface area contributed by atoms with E-state index < -0.39 is 0 Å². The molecule has 194 valence electrons. The molecule has 1 aliphatic rings. The van der Waals surface area contributed by atoms with Crippen molar-refractivity contribution in [2.24, 2.45) is 0 Å². The third kappa shape index (κ3) is 2.90. The van der Waals surface area contributed by atoms with Crippen LogP contribution in [0.3, 0.4) is 0 Å². The van der Waals surface area contributed by atoms with Crippen LogP contribution in [0.1, 0.15) is 25.0 Å². The molecule has 0 saturated carbocycles. The van der Waals surface area contributed by atoms with E-state index in [1.54, 1.807) is 0 Å². The van der Waals surface area contributed by atoms with E-state index in [-0.39, 0.29) is 5.41 Å². The van der Waals surface area contributed by atoms with E-state index in [4.69, 9.17) is 4.98 Å². The quantitative estimate of drug-likeness (QED) is 0.220. The van der Waals surface area contributed by atoms with Crippen LogP contribution in [0.4, 0.5) is 0 Å². The number of benzene rings is 6. The molecular weight excluding hydrogens is 498 g/mol. The van der Waals surface area contributed by atoms with E-state index in [2.05, 4.69) is 150 Å². The highest BCUT2D eigenvalue weighted by Gasteiger charge is 2.39. The van der Waals surface area contributed by atoms with Crippen LogP contribution in [-0.4, -0.2) is 14.1 Å². The Morgan fingerprint density at radius 2 is 1.27 bits per heavy atom. The molecule has 0 atom stereocenters. The van der Waals surface area contributed by atoms with Crippen LogP contribution < -0.4 is 0 Å². The van der Waals surface area contributed by atoms with Gasteiger partial charge in [-0.1, -0.05) is 111 Å². The van der Waals surface area contributed by atoms with Gasteiger partial charge in [0, 0.05) is 21.9 Å². The predicted molar refractivity (Wildman–Crippen MR) is 170 cm³/mol. The van der Waals surface area contributed by atoms with Gasteiger partial charge < -0.3 is 0 Å². The van der Waals surface area contributed by atoms with Gasteiger partial charge in [0.25, 0.3) is 0 Å². The number of imidazole rings is 1. The maximum Gasteiger partial charge on any atom is 0.220 e. The molecule has 0 bridgehead atoms. The van der Waals surface area contributed by atoms with Crippen LogP contribution in [0, 0.1) is 0 Å². The summed E-state index contributed by atoms with van der Waals surface area (Å²) in [5, 5.41) is 5.10. The van der Waals surface area contributed by atoms with Gasteiger partial charge in [0.05, 0.1) is 22.1 Å². The third-order valence-corrected chi connectivity index (χ3v) is 9.09. The molecule has 9 rings (SSSR count). The van der Waals surface area contributed by atoms with Gasteiger partial charge in [0.1, 0.15) is 0 Å². The molecule has 0 spiro atoms. The Morgan fingerprint density at radius 3 is 2.12 bits per heavy atom. The summed E-state index contributed by atoms with van der Waals surface area (Å²) in [7, 11) is 0. The molecule has 3 heteroatoms. The highest BCUT2D eigenvalue weighted by Crippen LogP contribution is 2.54. The summed E-state index contributed by atoms with van der Waals surface area (Å²) < 4.78 is 4.73. The Morgan fingerprint density at radius 1 is 0.561 bits per heavy atom. The summed E-state index contributed by atoms with van der Waals surface area (Å²) in [6.07, 6.45) is 0. The van der Waals surface area contributed by atoms with Crippen molar-refractivity contribution in [1.82, 2.24) is 14.1 Å². The summed E-state index contributed by atoms with van der Waals surface area (Å²) >= 11 is 0. The van der Waals surface area contributed by atoms with Crippen molar-refractivity contribution in [3.8, 4) is 22.8 Å². The lowest BCUT2D eigenvalue weighted by Gasteiger charge is -2.24. The molecule has 0 amide bonds. The second-order valence-corrected chi connectivity index (χ2v) is 11.6. The van der Waals surface area contributed by atoms with Crippen molar-refractivity contribution in [3.63, 3.8) is 0 Å². The second-order valence-electron chi connectivity index (χ2n) is 11.6. The summed E-state index contributed by atoms with van der Waals surface area (Å²) in [4.78, 5) is 5.33. The number of hydrogen-bond donors (Lipinski definition) is 0. The van der Waals surface area contributed by atoms with Crippen LogP contribution in [0.25, 0.3) is 66.4 Å². The van der Waals surface area contributed by atoms with Gasteiger partial charge in [0.2, 0.25) is 5.95 Å². The lowest BCUT2D eigenvalue weighted by Crippen LogP contribution is -2.17. The average Bonchev–Trinajstić information content (AvgIpc) is 3.63. The van der Waals surface area contributed by atoms with Crippen LogP contribution in [0.2, 0.25) is 0 Å². The Labute approximate surface area is 237 Å². The fourth-order valence-corrected chi connectivity index (χ4v) is 7.32. The van der Waals surface area contributed by atoms with Gasteiger partial charge in [0.15, 0.2) is 0 Å². The first kappa shape index (κ1) is 22.6. The van der Waals surface area contributed by atoms with Crippen LogP contribution in [-0.2, 0) is 5.41 Å². The molecule has 6 aromatic carbocycles. The molecule has 2 aromatic heterocycles. The molecule has 0 aliphatic heterocycles. The molecule has 1 aliphatic carbocycles. The van der Waals surface area contributed by atoms with Gasteiger partial charge >= 0.3 is 0 Å². The number of nitrogens with zero attached hydrogens (tertiary/aromatic N) is 3. The maximum absolute atomic E-state index is 5.33. The summed E-state index contributed by atoms with van der Waals surface area (Å²) in [5.41, 5.74) is 10.8. The van der Waals surface area contributed by atoms with Crippen molar-refractivity contribution in [1.29, 1.82) is 0 Å². The zero-order valence-corrected chi connectivity index (χ0v) is 23.0. The van der Waals surface area contributed by atoms with Gasteiger partial charge in [-0.05, 0) is 63.4 Å². The molecule has 0 saturated heterocycles. The molecule has 0 unspecified atom stereocenters. The zero-order chi connectivity index (χ0) is 27.3. The Bertz CT molecular complexity index is 2330. The Kier molecular flexibility index (Phi) is 4.39. The van der Waals surface area contributed by atoms with E-state index >= 15 is 0 Å². The standard InChI is InChI=1S/C38H27N3/c1-38(2)30-23-20-24-12-6-7-15-26(24)34(30)29-22-21-28-27-16-8-10-18-32(27)41(36(28)35(29)38)37-39-31-17-9-11-19-33(31)40(37)25-13-4-3-5-14-25/h3-23H,1-2H3. The topological polar surface area (TPSA) is 22.8 Å². The van der Waals surface area contributed by atoms with Crippen molar-refractivity contribution >= 4 is 43.6 Å². The van der Waals surface area contributed by atoms with Gasteiger partial charge in [-0.3, -0.25) is 9.13 Å². The van der Waals surface area contributed by atoms with Crippen molar-refractivity contribution in [2.75, 3.05) is 0 Å². The first-order valence-electron chi connectivity index (χ1n) is 14.3. The number of para-hydroxylation sites is 4. The molecule has 3 nitrogen and oxygen atoms in total. The molecule has 0 N–H and O–H groups in total. The normalized spacial score (nSPS) is 13.8. The summed E-state index contributed by atoms with van der Waals surface area (Å²) in [6.45, 7) is 4.77. The van der Waals surface area contributed by atoms with Crippen LogP contribution >= 0.6 is 0 Å². The van der Waals surface area contributed by atoms with E-state index in [9.17, 15) is 0 Å². The van der Waals surface area contributed by atoms with Crippen molar-refractivity contribution < 1.29 is 0 Å². The SMILES string of the molecule is CC1(C)c2ccc3ccccc3c2-c2ccc3c4ccccc4n(-c4nc5ccccc5n4-c4ccccc4)c3c21. The fraction of sp³-hybridized carbons (Fsp3) is 0.0789. The van der Waals surface area contributed by atoms with Gasteiger partial charge in [-0.25, -0.2) is 4.98 Å². The smallest absolute Gasteiger partial charge is 0.220 e. The lowest BCUT2D eigenvalue weighted by atomic mass is 9.81. The minimum atomic E-state index is -0.191. The number of rotatable bonds is 2. The van der Waals surface area contributed by atoms with Crippen LogP contribution in [0.5, 0.6) is 0 Å². The zero-order valence-electron chi connectivity index (χ0n) is 23.0. The summed E-state index contributed by atoms with van der Waals surface area (Å²) in [6, 6.07) is 45.9. The number of aromatic nitrogens is 3. The Hall–Kier alpha value is -5.15. The predicted octanol–water partition coefficient (Wildman–Crippen LogP) is 9.58. The van der Waals surface area contributed by atoms with Gasteiger partial charge in [-0.15, -0.1) is 0 Å². The minimum absolute atomic E-state index is 0.191.